The highest BCUT2D eigenvalue weighted by Crippen LogP contribution is 2.38. The van der Waals surface area contributed by atoms with E-state index in [1.54, 1.807) is 6.07 Å². The molecule has 0 amide bonds. The van der Waals surface area contributed by atoms with Gasteiger partial charge in [-0.1, -0.05) is 23.2 Å². The Kier molecular flexibility index (Phi) is 9.01. The van der Waals surface area contributed by atoms with Gasteiger partial charge in [-0.2, -0.15) is 0 Å². The number of sulfone groups is 1. The Morgan fingerprint density at radius 2 is 1.86 bits per heavy atom. The van der Waals surface area contributed by atoms with E-state index in [1.807, 2.05) is 19.1 Å². The zero-order chi connectivity index (χ0) is 24.7. The number of thiophene rings is 1. The largest absolute Gasteiger partial charge is 1.00 e. The number of anilines is 1. The van der Waals surface area contributed by atoms with E-state index in [1.165, 1.54) is 33.6 Å². The number of benzene rings is 2. The van der Waals surface area contributed by atoms with Crippen LogP contribution in [0, 0.1) is 6.92 Å². The van der Waals surface area contributed by atoms with Gasteiger partial charge in [0.05, 0.1) is 32.9 Å². The Hall–Kier alpha value is -1.13. The van der Waals surface area contributed by atoms with Crippen LogP contribution in [0.25, 0.3) is 15.7 Å². The molecular formula is C27H34ClIN2O2S2. The molecule has 1 aliphatic carbocycles. The maximum atomic E-state index is 13.1. The highest BCUT2D eigenvalue weighted by molar-refractivity contribution is 7.93. The topological polar surface area (TPSA) is 46.2 Å². The Balaban J connectivity index is 0.00000342. The lowest BCUT2D eigenvalue weighted by Crippen LogP contribution is -3.00. The number of aryl methyl sites for hydroxylation is 1. The van der Waals surface area contributed by atoms with Crippen molar-refractivity contribution in [2.24, 2.45) is 0 Å². The van der Waals surface area contributed by atoms with Crippen molar-refractivity contribution in [1.29, 1.82) is 0 Å². The summed E-state index contributed by atoms with van der Waals surface area (Å²) < 4.78 is 28.6. The predicted octanol–water partition coefficient (Wildman–Crippen LogP) is 3.57. The molecule has 0 radical (unpaired) electrons. The summed E-state index contributed by atoms with van der Waals surface area (Å²) >= 11 is 7.45. The fourth-order valence-corrected chi connectivity index (χ4v) is 7.81. The van der Waals surface area contributed by atoms with Crippen molar-refractivity contribution in [3.8, 4) is 0 Å². The second-order valence-electron chi connectivity index (χ2n) is 9.93. The van der Waals surface area contributed by atoms with E-state index in [9.17, 15) is 8.42 Å². The van der Waals surface area contributed by atoms with Crippen LogP contribution in [0.4, 0.5) is 5.69 Å². The van der Waals surface area contributed by atoms with Gasteiger partial charge >= 0.3 is 0 Å². The zero-order valence-corrected chi connectivity index (χ0v) is 25.6. The third kappa shape index (κ3) is 6.24. The monoisotopic (exact) mass is 644 g/mol. The van der Waals surface area contributed by atoms with Gasteiger partial charge in [0.2, 0.25) is 0 Å². The molecule has 8 heteroatoms. The van der Waals surface area contributed by atoms with Crippen LogP contribution in [0.3, 0.4) is 0 Å². The molecule has 4 rings (SSSR count). The molecule has 1 aliphatic rings. The maximum absolute atomic E-state index is 13.1. The molecule has 1 heterocycles. The van der Waals surface area contributed by atoms with Gasteiger partial charge in [0, 0.05) is 28.4 Å². The lowest BCUT2D eigenvalue weighted by Gasteiger charge is -2.28. The van der Waals surface area contributed by atoms with E-state index in [2.05, 4.69) is 51.5 Å². The second-order valence-corrected chi connectivity index (χ2v) is 13.7. The number of allylic oxidation sites excluding steroid dienone is 1. The molecule has 35 heavy (non-hydrogen) atoms. The fourth-order valence-electron chi connectivity index (χ4n) is 4.55. The molecular weight excluding hydrogens is 611 g/mol. The summed E-state index contributed by atoms with van der Waals surface area (Å²) in [5.41, 5.74) is 7.35. The van der Waals surface area contributed by atoms with E-state index in [0.29, 0.717) is 15.8 Å². The summed E-state index contributed by atoms with van der Waals surface area (Å²) in [6.45, 7) is 8.93. The number of nitrogens with zero attached hydrogens (tertiary/aromatic N) is 1. The number of fused-ring (bicyclic) bond motifs is 2. The first-order valence-corrected chi connectivity index (χ1v) is 14.6. The van der Waals surface area contributed by atoms with Gasteiger partial charge in [0.25, 0.3) is 0 Å². The molecule has 0 atom stereocenters. The van der Waals surface area contributed by atoms with Gasteiger partial charge in [0.15, 0.2) is 9.84 Å². The van der Waals surface area contributed by atoms with Crippen LogP contribution in [0.5, 0.6) is 0 Å². The van der Waals surface area contributed by atoms with Gasteiger partial charge in [-0.05, 0) is 85.2 Å². The van der Waals surface area contributed by atoms with Crippen molar-refractivity contribution in [2.45, 2.75) is 37.8 Å². The van der Waals surface area contributed by atoms with Crippen LogP contribution in [-0.2, 0) is 16.3 Å². The Labute approximate surface area is 235 Å². The molecule has 0 fully saturated rings. The molecule has 0 spiro atoms. The van der Waals surface area contributed by atoms with E-state index >= 15 is 0 Å². The average molecular weight is 645 g/mol. The van der Waals surface area contributed by atoms with Crippen LogP contribution in [0.2, 0.25) is 5.02 Å². The fraction of sp³-hybridized carbons (Fsp3) is 0.407. The van der Waals surface area contributed by atoms with E-state index < -0.39 is 9.84 Å². The van der Waals surface area contributed by atoms with Crippen LogP contribution in [-0.4, -0.2) is 52.4 Å². The third-order valence-electron chi connectivity index (χ3n) is 7.07. The van der Waals surface area contributed by atoms with Crippen LogP contribution in [0.15, 0.2) is 46.2 Å². The lowest BCUT2D eigenvalue weighted by atomic mass is 10.0. The highest BCUT2D eigenvalue weighted by Gasteiger charge is 2.24. The Morgan fingerprint density at radius 3 is 2.57 bits per heavy atom. The van der Waals surface area contributed by atoms with Crippen LogP contribution < -0.4 is 29.3 Å². The van der Waals surface area contributed by atoms with Crippen molar-refractivity contribution in [3.05, 3.63) is 63.7 Å². The van der Waals surface area contributed by atoms with E-state index in [0.717, 1.165) is 51.8 Å². The van der Waals surface area contributed by atoms with Gasteiger partial charge in [0.1, 0.15) is 4.21 Å². The highest BCUT2D eigenvalue weighted by atomic mass is 127. The summed E-state index contributed by atoms with van der Waals surface area (Å²) in [5.74, 6) is 0.0510. The summed E-state index contributed by atoms with van der Waals surface area (Å²) in [4.78, 5) is 0. The zero-order valence-electron chi connectivity index (χ0n) is 21.0. The van der Waals surface area contributed by atoms with Gasteiger partial charge < -0.3 is 33.8 Å². The summed E-state index contributed by atoms with van der Waals surface area (Å²) in [6.07, 6.45) is 2.07. The van der Waals surface area contributed by atoms with E-state index in [-0.39, 0.29) is 29.7 Å². The molecule has 0 saturated carbocycles. The molecule has 0 aliphatic heterocycles. The molecule has 190 valence electrons. The minimum Gasteiger partial charge on any atom is -1.00 e. The first kappa shape index (κ1) is 28.4. The molecule has 0 saturated heterocycles. The van der Waals surface area contributed by atoms with Crippen molar-refractivity contribution >= 4 is 54.1 Å². The number of quaternary nitrogens is 1. The number of halogens is 2. The Morgan fingerprint density at radius 1 is 1.11 bits per heavy atom. The summed E-state index contributed by atoms with van der Waals surface area (Å²) in [5, 5.41) is 4.90. The normalized spacial score (nSPS) is 13.8. The maximum Gasteiger partial charge on any atom is 0.189 e. The quantitative estimate of drug-likeness (QED) is 0.286. The van der Waals surface area contributed by atoms with Gasteiger partial charge in [-0.3, -0.25) is 0 Å². The average Bonchev–Trinajstić information content (AvgIpc) is 3.28. The number of hydrogen-bond donors (Lipinski definition) is 1. The molecule has 0 bridgehead atoms. The molecule has 4 nitrogen and oxygen atoms in total. The standard InChI is InChI=1S/C27H34ClN2O2S2.HI/c1-6-30(4,5)13-11-23-18(2)15-20-7-9-22(17-25(20)23)29-12-14-34(31,32)27-19(3)24-16-21(28)8-10-26(24)33-27;/h7-10,16-17,29H,6,11-15H2,1-5H3;1H/q+1;/p-1. The van der Waals surface area contributed by atoms with Crippen molar-refractivity contribution < 1.29 is 36.9 Å². The third-order valence-corrected chi connectivity index (χ3v) is 11.0. The first-order chi connectivity index (χ1) is 16.0. The molecule has 2 aromatic carbocycles. The second kappa shape index (κ2) is 11.1. The SMILES string of the molecule is CC[N+](C)(C)CCC1=C(C)Cc2ccc(NCCS(=O)(=O)c3sc4ccc(Cl)cc4c3C)cc21.[I-]. The first-order valence-electron chi connectivity index (χ1n) is 11.8. The van der Waals surface area contributed by atoms with Crippen molar-refractivity contribution in [1.82, 2.24) is 0 Å². The molecule has 1 aromatic heterocycles. The summed E-state index contributed by atoms with van der Waals surface area (Å²) in [7, 11) is 1.16. The molecule has 0 unspecified atom stereocenters. The smallest absolute Gasteiger partial charge is 0.189 e. The summed E-state index contributed by atoms with van der Waals surface area (Å²) in [6, 6.07) is 12.0. The van der Waals surface area contributed by atoms with Gasteiger partial charge in [-0.25, -0.2) is 8.42 Å². The molecule has 3 aromatic rings. The number of nitrogens with one attached hydrogen (secondary N) is 1. The van der Waals surface area contributed by atoms with Gasteiger partial charge in [-0.15, -0.1) is 11.3 Å². The predicted molar refractivity (Wildman–Crippen MR) is 147 cm³/mol. The van der Waals surface area contributed by atoms with Crippen molar-refractivity contribution in [3.63, 3.8) is 0 Å². The molecule has 1 N–H and O–H groups in total. The van der Waals surface area contributed by atoms with E-state index in [4.69, 9.17) is 11.6 Å². The van der Waals surface area contributed by atoms with Crippen LogP contribution >= 0.6 is 22.9 Å². The minimum atomic E-state index is -3.39. The van der Waals surface area contributed by atoms with Crippen molar-refractivity contribution in [2.75, 3.05) is 44.8 Å². The van der Waals surface area contributed by atoms with Crippen LogP contribution in [0.1, 0.15) is 37.0 Å². The Bertz CT molecular complexity index is 1380. The number of rotatable bonds is 9. The lowest BCUT2D eigenvalue weighted by molar-refractivity contribution is -0.887. The number of hydrogen-bond acceptors (Lipinski definition) is 4. The minimum absolute atomic E-state index is 0.